The second-order valence-electron chi connectivity index (χ2n) is 7.34. The molecule has 1 aliphatic rings. The van der Waals surface area contributed by atoms with E-state index in [1.54, 1.807) is 0 Å². The highest BCUT2D eigenvalue weighted by molar-refractivity contribution is 5.68. The van der Waals surface area contributed by atoms with Crippen LogP contribution in [0, 0.1) is 12.7 Å². The van der Waals surface area contributed by atoms with Crippen LogP contribution in [0.2, 0.25) is 0 Å². The molecule has 140 valence electrons. The highest BCUT2D eigenvalue weighted by Crippen LogP contribution is 2.28. The molecule has 1 aliphatic heterocycles. The van der Waals surface area contributed by atoms with Crippen LogP contribution < -0.4 is 4.74 Å². The third kappa shape index (κ3) is 4.15. The molecule has 0 fully saturated rings. The second kappa shape index (κ2) is 6.97. The number of carbonyl (C=O) groups excluding carboxylic acids is 1. The highest BCUT2D eigenvalue weighted by Gasteiger charge is 2.27. The van der Waals surface area contributed by atoms with Gasteiger partial charge in [0.05, 0.1) is 12.2 Å². The Morgan fingerprint density at radius 1 is 1.38 bits per heavy atom. The van der Waals surface area contributed by atoms with Crippen molar-refractivity contribution < 1.29 is 23.1 Å². The molecule has 6 nitrogen and oxygen atoms in total. The summed E-state index contributed by atoms with van der Waals surface area (Å²) in [4.78, 5) is 17.7. The molecule has 26 heavy (non-hydrogen) atoms. The number of fused-ring (bicyclic) bond motifs is 1. The first-order valence-electron chi connectivity index (χ1n) is 8.54. The number of nitrogens with zero attached hydrogens (tertiary/aromatic N) is 2. The molecule has 2 heterocycles. The summed E-state index contributed by atoms with van der Waals surface area (Å²) >= 11 is 0. The number of rotatable bonds is 3. The van der Waals surface area contributed by atoms with Crippen LogP contribution in [-0.4, -0.2) is 28.1 Å². The predicted octanol–water partition coefficient (Wildman–Crippen LogP) is 3.99. The van der Waals surface area contributed by atoms with Gasteiger partial charge in [0, 0.05) is 18.2 Å². The lowest BCUT2D eigenvalue weighted by molar-refractivity contribution is 0.0221. The van der Waals surface area contributed by atoms with Crippen LogP contribution in [0.3, 0.4) is 0 Å². The van der Waals surface area contributed by atoms with Crippen LogP contribution >= 0.6 is 0 Å². The third-order valence-electron chi connectivity index (χ3n) is 4.13. The Balaban J connectivity index is 1.70. The fourth-order valence-corrected chi connectivity index (χ4v) is 2.77. The Bertz CT molecular complexity index is 810. The van der Waals surface area contributed by atoms with Crippen molar-refractivity contribution in [1.82, 2.24) is 9.88 Å². The zero-order chi connectivity index (χ0) is 18.9. The van der Waals surface area contributed by atoms with Crippen LogP contribution in [0.5, 0.6) is 5.75 Å². The SMILES string of the molecule is Cc1ncoc1COc1cc(F)c2c(c1)CCN(C(=O)OC(C)(C)C)C2. The van der Waals surface area contributed by atoms with E-state index in [1.165, 1.54) is 17.4 Å². The third-order valence-corrected chi connectivity index (χ3v) is 4.13. The largest absolute Gasteiger partial charge is 0.485 e. The maximum atomic E-state index is 14.6. The van der Waals surface area contributed by atoms with Crippen molar-refractivity contribution in [2.24, 2.45) is 0 Å². The summed E-state index contributed by atoms with van der Waals surface area (Å²) in [5, 5.41) is 0. The van der Waals surface area contributed by atoms with E-state index >= 15 is 0 Å². The zero-order valence-corrected chi connectivity index (χ0v) is 15.5. The maximum Gasteiger partial charge on any atom is 0.410 e. The average molecular weight is 362 g/mol. The number of halogens is 1. The number of ether oxygens (including phenoxy) is 2. The van der Waals surface area contributed by atoms with Crippen molar-refractivity contribution in [3.05, 3.63) is 46.9 Å². The van der Waals surface area contributed by atoms with E-state index in [0.717, 1.165) is 11.3 Å². The predicted molar refractivity (Wildman–Crippen MR) is 92.3 cm³/mol. The monoisotopic (exact) mass is 362 g/mol. The van der Waals surface area contributed by atoms with Gasteiger partial charge >= 0.3 is 6.09 Å². The molecular formula is C19H23FN2O4. The van der Waals surface area contributed by atoms with Crippen LogP contribution in [0.4, 0.5) is 9.18 Å². The highest BCUT2D eigenvalue weighted by atomic mass is 19.1. The molecule has 2 aromatic rings. The van der Waals surface area contributed by atoms with Crippen LogP contribution in [0.1, 0.15) is 43.4 Å². The van der Waals surface area contributed by atoms with E-state index in [1.807, 2.05) is 33.8 Å². The fourth-order valence-electron chi connectivity index (χ4n) is 2.77. The minimum Gasteiger partial charge on any atom is -0.485 e. The smallest absolute Gasteiger partial charge is 0.410 e. The number of amides is 1. The number of aryl methyl sites for hydroxylation is 1. The van der Waals surface area contributed by atoms with Gasteiger partial charge in [-0.05, 0) is 45.7 Å². The Morgan fingerprint density at radius 2 is 2.15 bits per heavy atom. The van der Waals surface area contributed by atoms with Crippen molar-refractivity contribution in [1.29, 1.82) is 0 Å². The molecule has 0 unspecified atom stereocenters. The van der Waals surface area contributed by atoms with E-state index in [-0.39, 0.29) is 19.0 Å². The van der Waals surface area contributed by atoms with E-state index < -0.39 is 11.7 Å². The standard InChI is InChI=1S/C19H23FN2O4/c1-12-17(25-11-21-12)10-24-14-7-13-5-6-22(9-15(13)16(20)8-14)18(23)26-19(2,3)4/h7-8,11H,5-6,9-10H2,1-4H3. The molecule has 0 radical (unpaired) electrons. The van der Waals surface area contributed by atoms with Gasteiger partial charge in [-0.3, -0.25) is 0 Å². The molecule has 1 aromatic heterocycles. The quantitative estimate of drug-likeness (QED) is 0.826. The van der Waals surface area contributed by atoms with Crippen molar-refractivity contribution in [3.8, 4) is 5.75 Å². The van der Waals surface area contributed by atoms with Gasteiger partial charge < -0.3 is 18.8 Å². The van der Waals surface area contributed by atoms with E-state index in [2.05, 4.69) is 4.98 Å². The maximum absolute atomic E-state index is 14.6. The minimum atomic E-state index is -0.577. The van der Waals surface area contributed by atoms with Crippen molar-refractivity contribution in [3.63, 3.8) is 0 Å². The Morgan fingerprint density at radius 3 is 2.81 bits per heavy atom. The van der Waals surface area contributed by atoms with Gasteiger partial charge in [-0.1, -0.05) is 0 Å². The number of aromatic nitrogens is 1. The number of oxazole rings is 1. The number of benzene rings is 1. The molecule has 0 N–H and O–H groups in total. The summed E-state index contributed by atoms with van der Waals surface area (Å²) in [6.07, 6.45) is 1.47. The van der Waals surface area contributed by atoms with E-state index in [9.17, 15) is 9.18 Å². The number of hydrogen-bond acceptors (Lipinski definition) is 5. The Kier molecular flexibility index (Phi) is 4.89. The normalized spacial score (nSPS) is 14.1. The lowest BCUT2D eigenvalue weighted by Gasteiger charge is -2.31. The summed E-state index contributed by atoms with van der Waals surface area (Å²) in [5.41, 5.74) is 1.52. The van der Waals surface area contributed by atoms with Gasteiger partial charge in [0.15, 0.2) is 12.2 Å². The number of carbonyl (C=O) groups is 1. The van der Waals surface area contributed by atoms with Crippen LogP contribution in [0.15, 0.2) is 22.9 Å². The minimum absolute atomic E-state index is 0.189. The van der Waals surface area contributed by atoms with Gasteiger partial charge in [0.2, 0.25) is 0 Å². The van der Waals surface area contributed by atoms with Crippen molar-refractivity contribution >= 4 is 6.09 Å². The molecular weight excluding hydrogens is 339 g/mol. The van der Waals surface area contributed by atoms with Crippen LogP contribution in [0.25, 0.3) is 0 Å². The molecule has 3 rings (SSSR count). The van der Waals surface area contributed by atoms with Gasteiger partial charge in [0.1, 0.15) is 23.8 Å². The van der Waals surface area contributed by atoms with Crippen molar-refractivity contribution in [2.45, 2.75) is 52.9 Å². The molecule has 7 heteroatoms. The Hall–Kier alpha value is -2.57. The average Bonchev–Trinajstić information content (AvgIpc) is 2.96. The summed E-state index contributed by atoms with van der Waals surface area (Å²) in [6.45, 7) is 8.11. The summed E-state index contributed by atoms with van der Waals surface area (Å²) in [5.74, 6) is 0.655. The lowest BCUT2D eigenvalue weighted by Crippen LogP contribution is -2.40. The lowest BCUT2D eigenvalue weighted by atomic mass is 9.99. The van der Waals surface area contributed by atoms with Gasteiger partial charge in [-0.25, -0.2) is 14.2 Å². The first kappa shape index (κ1) is 18.2. The zero-order valence-electron chi connectivity index (χ0n) is 15.5. The molecule has 0 bridgehead atoms. The molecule has 1 aromatic carbocycles. The second-order valence-corrected chi connectivity index (χ2v) is 7.34. The summed E-state index contributed by atoms with van der Waals surface area (Å²) < 4.78 is 30.8. The van der Waals surface area contributed by atoms with Crippen molar-refractivity contribution in [2.75, 3.05) is 6.54 Å². The molecule has 0 spiro atoms. The first-order chi connectivity index (χ1) is 12.2. The summed E-state index contributed by atoms with van der Waals surface area (Å²) in [7, 11) is 0. The molecule has 0 aliphatic carbocycles. The molecule has 0 saturated carbocycles. The topological polar surface area (TPSA) is 64.8 Å². The summed E-state index contributed by atoms with van der Waals surface area (Å²) in [6, 6.07) is 3.15. The van der Waals surface area contributed by atoms with Gasteiger partial charge in [-0.15, -0.1) is 0 Å². The van der Waals surface area contributed by atoms with E-state index in [0.29, 0.717) is 30.0 Å². The van der Waals surface area contributed by atoms with Crippen LogP contribution in [-0.2, 0) is 24.3 Å². The molecule has 1 amide bonds. The number of hydrogen-bond donors (Lipinski definition) is 0. The van der Waals surface area contributed by atoms with Gasteiger partial charge in [0.25, 0.3) is 0 Å². The Labute approximate surface area is 151 Å². The van der Waals surface area contributed by atoms with Gasteiger partial charge in [-0.2, -0.15) is 0 Å². The fraction of sp³-hybridized carbons (Fsp3) is 0.474. The first-order valence-corrected chi connectivity index (χ1v) is 8.54. The molecule has 0 saturated heterocycles. The molecule has 0 atom stereocenters. The van der Waals surface area contributed by atoms with E-state index in [4.69, 9.17) is 13.9 Å².